The molecular weight excluding hydrogens is 426 g/mol. The number of hydrogen-bond donors (Lipinski definition) is 0. The molecule has 7 nitrogen and oxygen atoms in total. The van der Waals surface area contributed by atoms with Gasteiger partial charge in [-0.2, -0.15) is 14.6 Å². The molecule has 0 saturated heterocycles. The second-order valence-corrected chi connectivity index (χ2v) is 8.28. The summed E-state index contributed by atoms with van der Waals surface area (Å²) in [6.45, 7) is 2.80. The molecule has 0 spiro atoms. The summed E-state index contributed by atoms with van der Waals surface area (Å²) >= 11 is 1.15. The number of ether oxygens (including phenoxy) is 2. The Morgan fingerprint density at radius 2 is 1.75 bits per heavy atom. The minimum atomic E-state index is -0.429. The van der Waals surface area contributed by atoms with Crippen molar-refractivity contribution >= 4 is 22.4 Å². The van der Waals surface area contributed by atoms with Gasteiger partial charge in [-0.3, -0.25) is 9.59 Å². The van der Waals surface area contributed by atoms with Crippen molar-refractivity contribution in [3.63, 3.8) is 0 Å². The molecule has 0 bridgehead atoms. The van der Waals surface area contributed by atoms with Gasteiger partial charge >= 0.3 is 0 Å². The van der Waals surface area contributed by atoms with Crippen LogP contribution in [0.4, 0.5) is 0 Å². The summed E-state index contributed by atoms with van der Waals surface area (Å²) in [7, 11) is 1.59. The van der Waals surface area contributed by atoms with Crippen molar-refractivity contribution in [1.82, 2.24) is 14.6 Å². The highest BCUT2D eigenvalue weighted by atomic mass is 32.1. The van der Waals surface area contributed by atoms with Crippen molar-refractivity contribution < 1.29 is 9.47 Å². The van der Waals surface area contributed by atoms with Crippen LogP contribution in [0.5, 0.6) is 11.5 Å². The zero-order valence-corrected chi connectivity index (χ0v) is 18.7. The van der Waals surface area contributed by atoms with Crippen LogP contribution in [0.25, 0.3) is 11.0 Å². The van der Waals surface area contributed by atoms with E-state index in [1.54, 1.807) is 13.2 Å². The lowest BCUT2D eigenvalue weighted by Gasteiger charge is -2.04. The van der Waals surface area contributed by atoms with Crippen LogP contribution in [0.15, 0.2) is 58.1 Å². The smallest absolute Gasteiger partial charge is 0.296 e. The Labute approximate surface area is 188 Å². The van der Waals surface area contributed by atoms with Gasteiger partial charge in [-0.1, -0.05) is 48.9 Å². The first-order valence-corrected chi connectivity index (χ1v) is 11.2. The number of benzene rings is 2. The molecule has 0 N–H and O–H groups in total. The lowest BCUT2D eigenvalue weighted by Crippen LogP contribution is -2.28. The van der Waals surface area contributed by atoms with E-state index in [1.165, 1.54) is 4.52 Å². The minimum Gasteiger partial charge on any atom is -0.497 e. The molecule has 0 fully saturated rings. The van der Waals surface area contributed by atoms with Gasteiger partial charge in [-0.25, -0.2) is 0 Å². The zero-order valence-electron chi connectivity index (χ0n) is 17.9. The zero-order chi connectivity index (χ0) is 22.5. The van der Waals surface area contributed by atoms with E-state index in [9.17, 15) is 9.59 Å². The number of fused-ring (bicyclic) bond motifs is 1. The summed E-state index contributed by atoms with van der Waals surface area (Å²) < 4.78 is 12.5. The number of unbranched alkanes of at least 4 members (excludes halogenated alkanes) is 1. The molecule has 0 radical (unpaired) electrons. The van der Waals surface area contributed by atoms with Gasteiger partial charge in [0.25, 0.3) is 11.1 Å². The van der Waals surface area contributed by atoms with Crippen LogP contribution in [-0.2, 0) is 6.42 Å². The topological polar surface area (TPSA) is 82.8 Å². The number of aromatic nitrogens is 3. The van der Waals surface area contributed by atoms with Crippen molar-refractivity contribution in [3.8, 4) is 11.5 Å². The lowest BCUT2D eigenvalue weighted by atomic mass is 10.1. The summed E-state index contributed by atoms with van der Waals surface area (Å²) in [6, 6.07) is 14.9. The summed E-state index contributed by atoms with van der Waals surface area (Å²) in [5.74, 6) is 1.53. The highest BCUT2D eigenvalue weighted by Crippen LogP contribution is 2.14. The van der Waals surface area contributed by atoms with E-state index < -0.39 is 5.56 Å². The predicted molar refractivity (Wildman–Crippen MR) is 125 cm³/mol. The predicted octanol–water partition coefficient (Wildman–Crippen LogP) is 2.84. The average Bonchev–Trinajstić information content (AvgIpc) is 3.10. The fourth-order valence-corrected chi connectivity index (χ4v) is 4.04. The van der Waals surface area contributed by atoms with Crippen LogP contribution >= 0.6 is 11.3 Å². The van der Waals surface area contributed by atoms with Crippen LogP contribution in [0.1, 0.15) is 36.6 Å². The monoisotopic (exact) mass is 449 g/mol. The molecular formula is C24H23N3O4S. The van der Waals surface area contributed by atoms with Crippen molar-refractivity contribution in [1.29, 1.82) is 0 Å². The molecule has 0 aliphatic carbocycles. The van der Waals surface area contributed by atoms with Crippen molar-refractivity contribution in [2.45, 2.75) is 26.2 Å². The normalized spacial score (nSPS) is 11.8. The molecule has 164 valence electrons. The molecule has 2 aromatic carbocycles. The second kappa shape index (κ2) is 9.74. The van der Waals surface area contributed by atoms with Gasteiger partial charge in [0, 0.05) is 6.42 Å². The number of rotatable bonds is 8. The first-order valence-electron chi connectivity index (χ1n) is 10.4. The Kier molecular flexibility index (Phi) is 6.61. The average molecular weight is 450 g/mol. The first kappa shape index (κ1) is 21.7. The van der Waals surface area contributed by atoms with Crippen LogP contribution in [0, 0.1) is 0 Å². The molecule has 0 aliphatic rings. The van der Waals surface area contributed by atoms with Crippen LogP contribution in [0.3, 0.4) is 0 Å². The fraction of sp³-hybridized carbons (Fsp3) is 0.250. The van der Waals surface area contributed by atoms with Gasteiger partial charge < -0.3 is 9.47 Å². The Morgan fingerprint density at radius 3 is 2.44 bits per heavy atom. The van der Waals surface area contributed by atoms with Gasteiger partial charge in [-0.15, -0.1) is 0 Å². The van der Waals surface area contributed by atoms with Crippen molar-refractivity contribution in [2.24, 2.45) is 0 Å². The number of methoxy groups -OCH3 is 1. The Hall–Kier alpha value is -3.52. The molecule has 0 unspecified atom stereocenters. The summed E-state index contributed by atoms with van der Waals surface area (Å²) in [5.41, 5.74) is 1.24. The standard InChI is InChI=1S/C24H23N3O4S/c1-3-4-13-31-19-11-7-17(8-12-19)15-21-23(29)27-24(32-21)25-22(28)20(26-27)14-16-5-9-18(30-2)10-6-16/h5-12,15H,3-4,13-14H2,1-2H3/b21-15-. The van der Waals surface area contributed by atoms with E-state index >= 15 is 0 Å². The van der Waals surface area contributed by atoms with Gasteiger partial charge in [0.1, 0.15) is 17.2 Å². The Bertz CT molecular complexity index is 1380. The Morgan fingerprint density at radius 1 is 1.03 bits per heavy atom. The minimum absolute atomic E-state index is 0.225. The third-order valence-corrected chi connectivity index (χ3v) is 5.88. The summed E-state index contributed by atoms with van der Waals surface area (Å²) in [6.07, 6.45) is 4.14. The number of nitrogens with zero attached hydrogens (tertiary/aromatic N) is 3. The maximum atomic E-state index is 12.9. The van der Waals surface area contributed by atoms with Crippen molar-refractivity contribution in [3.05, 3.63) is 90.6 Å². The third kappa shape index (κ3) is 4.86. The van der Waals surface area contributed by atoms with E-state index in [0.29, 0.717) is 11.1 Å². The van der Waals surface area contributed by atoms with Gasteiger partial charge in [0.05, 0.1) is 18.2 Å². The number of thiazole rings is 1. The summed E-state index contributed by atoms with van der Waals surface area (Å²) in [4.78, 5) is 29.7. The molecule has 0 atom stereocenters. The van der Waals surface area contributed by atoms with Crippen LogP contribution < -0.4 is 25.1 Å². The SMILES string of the molecule is CCCCOc1ccc(/C=c2\sc3nc(=O)c(Cc4ccc(OC)cc4)nn3c2=O)cc1. The second-order valence-electron chi connectivity index (χ2n) is 7.27. The maximum Gasteiger partial charge on any atom is 0.296 e. The molecule has 4 aromatic rings. The number of hydrogen-bond acceptors (Lipinski definition) is 7. The Balaban J connectivity index is 1.62. The van der Waals surface area contributed by atoms with Crippen LogP contribution in [0.2, 0.25) is 0 Å². The fourth-order valence-electron chi connectivity index (χ4n) is 3.13. The summed E-state index contributed by atoms with van der Waals surface area (Å²) in [5, 5.41) is 4.30. The molecule has 2 aromatic heterocycles. The van der Waals surface area contributed by atoms with Crippen LogP contribution in [-0.4, -0.2) is 28.3 Å². The molecule has 8 heteroatoms. The highest BCUT2D eigenvalue weighted by molar-refractivity contribution is 7.15. The molecule has 0 aliphatic heterocycles. The molecule has 4 rings (SSSR count). The van der Waals surface area contributed by atoms with E-state index in [1.807, 2.05) is 48.5 Å². The molecule has 2 heterocycles. The quantitative estimate of drug-likeness (QED) is 0.385. The highest BCUT2D eigenvalue weighted by Gasteiger charge is 2.12. The van der Waals surface area contributed by atoms with Gasteiger partial charge in [0.15, 0.2) is 0 Å². The van der Waals surface area contributed by atoms with E-state index in [-0.39, 0.29) is 22.6 Å². The first-order chi connectivity index (χ1) is 15.6. The third-order valence-electron chi connectivity index (χ3n) is 4.93. The molecule has 0 amide bonds. The lowest BCUT2D eigenvalue weighted by molar-refractivity contribution is 0.309. The largest absolute Gasteiger partial charge is 0.497 e. The molecule has 0 saturated carbocycles. The van der Waals surface area contributed by atoms with Gasteiger partial charge in [-0.05, 0) is 47.9 Å². The molecule has 32 heavy (non-hydrogen) atoms. The van der Waals surface area contributed by atoms with E-state index in [4.69, 9.17) is 9.47 Å². The maximum absolute atomic E-state index is 12.9. The van der Waals surface area contributed by atoms with E-state index in [0.717, 1.165) is 46.8 Å². The van der Waals surface area contributed by atoms with Gasteiger partial charge in [0.2, 0.25) is 4.96 Å². The van der Waals surface area contributed by atoms with Crippen molar-refractivity contribution in [2.75, 3.05) is 13.7 Å². The van der Waals surface area contributed by atoms with E-state index in [2.05, 4.69) is 17.0 Å².